The van der Waals surface area contributed by atoms with E-state index in [9.17, 15) is 4.79 Å². The molecule has 0 aromatic rings. The third-order valence-corrected chi connectivity index (χ3v) is 1.40. The molecule has 0 aliphatic rings. The van der Waals surface area contributed by atoms with E-state index in [-0.39, 0.29) is 0 Å². The number of carboxylic acid groups (broad SMARTS) is 1. The van der Waals surface area contributed by atoms with Crippen molar-refractivity contribution in [3.63, 3.8) is 0 Å². The molecule has 14 heavy (non-hydrogen) atoms. The molecule has 0 spiro atoms. The highest BCUT2D eigenvalue weighted by molar-refractivity contribution is 5.73. The normalized spacial score (nSPS) is 11.1. The summed E-state index contributed by atoms with van der Waals surface area (Å²) in [7, 11) is 1.61. The van der Waals surface area contributed by atoms with Crippen molar-refractivity contribution in [2.45, 2.75) is 39.2 Å². The molecular weight excluding hydrogens is 180 g/mol. The molecular formula is C10H22N2O2. The minimum absolute atomic E-state index is 0.487. The topological polar surface area (TPSA) is 75.3 Å². The summed E-state index contributed by atoms with van der Waals surface area (Å²) in [4.78, 5) is 10.4. The second-order valence-corrected chi connectivity index (χ2v) is 3.08. The Bertz CT molecular complexity index is 170. The highest BCUT2D eigenvalue weighted by Gasteiger charge is 2.13. The van der Waals surface area contributed by atoms with Gasteiger partial charge in [-0.2, -0.15) is 0 Å². The number of likely N-dealkylation sites (N-methyl/N-ethyl adjacent to an activating group) is 1. The molecule has 0 radical (unpaired) electrons. The van der Waals surface area contributed by atoms with Crippen LogP contribution in [0, 0.1) is 0 Å². The number of allylic oxidation sites excluding steroid dienone is 1. The van der Waals surface area contributed by atoms with Gasteiger partial charge in [0.1, 0.15) is 6.04 Å². The lowest BCUT2D eigenvalue weighted by Crippen LogP contribution is -2.33. The molecule has 1 unspecified atom stereocenters. The van der Waals surface area contributed by atoms with E-state index in [2.05, 4.69) is 25.7 Å². The summed E-state index contributed by atoms with van der Waals surface area (Å²) in [6.45, 7) is 7.73. The van der Waals surface area contributed by atoms with Crippen LogP contribution in [-0.4, -0.2) is 24.2 Å². The van der Waals surface area contributed by atoms with Crippen molar-refractivity contribution in [1.29, 1.82) is 0 Å². The van der Waals surface area contributed by atoms with E-state index in [1.807, 2.05) is 0 Å². The maximum absolute atomic E-state index is 10.4. The molecule has 0 aliphatic heterocycles. The van der Waals surface area contributed by atoms with Crippen LogP contribution in [0.2, 0.25) is 0 Å². The first-order chi connectivity index (χ1) is 6.49. The van der Waals surface area contributed by atoms with Crippen LogP contribution in [0.3, 0.4) is 0 Å². The number of rotatable bonds is 5. The molecule has 0 saturated carbocycles. The van der Waals surface area contributed by atoms with Crippen LogP contribution in [0.4, 0.5) is 0 Å². The molecule has 0 aromatic carbocycles. The Labute approximate surface area is 86.2 Å². The summed E-state index contributed by atoms with van der Waals surface area (Å²) >= 11 is 0. The van der Waals surface area contributed by atoms with Crippen molar-refractivity contribution in [1.82, 2.24) is 5.32 Å². The van der Waals surface area contributed by atoms with Gasteiger partial charge in [-0.15, -0.1) is 0 Å². The standard InChI is InChI=1S/C7H14N2O2.C3H8/c1-5(8)3-4-6(9-2)7(10)11;1-3-2/h6,9H,1,3-4,8H2,2H3,(H,10,11);3H2,1-2H3. The monoisotopic (exact) mass is 202 g/mol. The first-order valence-electron chi connectivity index (χ1n) is 4.82. The quantitative estimate of drug-likeness (QED) is 0.628. The van der Waals surface area contributed by atoms with Crippen LogP contribution in [0.25, 0.3) is 0 Å². The van der Waals surface area contributed by atoms with E-state index in [1.54, 1.807) is 7.05 Å². The van der Waals surface area contributed by atoms with Crippen LogP contribution in [0.5, 0.6) is 0 Å². The van der Waals surface area contributed by atoms with Gasteiger partial charge in [-0.25, -0.2) is 0 Å². The van der Waals surface area contributed by atoms with Gasteiger partial charge in [0.2, 0.25) is 0 Å². The predicted octanol–water partition coefficient (Wildman–Crippen LogP) is 1.33. The van der Waals surface area contributed by atoms with Gasteiger partial charge in [-0.3, -0.25) is 4.79 Å². The second kappa shape index (κ2) is 10.1. The molecule has 0 saturated heterocycles. The average Bonchev–Trinajstić information content (AvgIpc) is 2.05. The first kappa shape index (κ1) is 15.4. The zero-order valence-corrected chi connectivity index (χ0v) is 9.34. The van der Waals surface area contributed by atoms with Crippen LogP contribution in [0.15, 0.2) is 12.3 Å². The summed E-state index contributed by atoms with van der Waals surface area (Å²) in [6, 6.07) is -0.518. The molecule has 0 bridgehead atoms. The lowest BCUT2D eigenvalue weighted by molar-refractivity contribution is -0.139. The summed E-state index contributed by atoms with van der Waals surface area (Å²) in [5.74, 6) is -0.853. The Kier molecular flexibility index (Phi) is 11.1. The van der Waals surface area contributed by atoms with Gasteiger partial charge in [0.05, 0.1) is 0 Å². The van der Waals surface area contributed by atoms with E-state index in [0.717, 1.165) is 0 Å². The van der Waals surface area contributed by atoms with Crippen molar-refractivity contribution in [3.05, 3.63) is 12.3 Å². The molecule has 0 heterocycles. The van der Waals surface area contributed by atoms with Gasteiger partial charge in [-0.1, -0.05) is 26.8 Å². The Balaban J connectivity index is 0. The van der Waals surface area contributed by atoms with Gasteiger partial charge in [0.25, 0.3) is 0 Å². The van der Waals surface area contributed by atoms with Crippen molar-refractivity contribution in [3.8, 4) is 0 Å². The Hall–Kier alpha value is -1.03. The van der Waals surface area contributed by atoms with Crippen LogP contribution in [-0.2, 0) is 4.79 Å². The largest absolute Gasteiger partial charge is 0.480 e. The fourth-order valence-corrected chi connectivity index (χ4v) is 0.721. The highest BCUT2D eigenvalue weighted by Crippen LogP contribution is 2.00. The maximum atomic E-state index is 10.4. The summed E-state index contributed by atoms with van der Waals surface area (Å²) in [6.07, 6.45) is 2.28. The van der Waals surface area contributed by atoms with Gasteiger partial charge >= 0.3 is 5.97 Å². The van der Waals surface area contributed by atoms with Crippen molar-refractivity contribution < 1.29 is 9.90 Å². The molecule has 0 fully saturated rings. The fraction of sp³-hybridized carbons (Fsp3) is 0.700. The summed E-state index contributed by atoms with van der Waals surface area (Å²) in [5, 5.41) is 11.2. The molecule has 1 atom stereocenters. The number of aliphatic carboxylic acids is 1. The van der Waals surface area contributed by atoms with E-state index < -0.39 is 12.0 Å². The molecule has 0 rings (SSSR count). The van der Waals surface area contributed by atoms with Crippen molar-refractivity contribution >= 4 is 5.97 Å². The molecule has 4 nitrogen and oxygen atoms in total. The van der Waals surface area contributed by atoms with Crippen LogP contribution < -0.4 is 11.1 Å². The number of hydrogen-bond acceptors (Lipinski definition) is 3. The Morgan fingerprint density at radius 3 is 2.21 bits per heavy atom. The van der Waals surface area contributed by atoms with Crippen molar-refractivity contribution in [2.75, 3.05) is 7.05 Å². The number of carbonyl (C=O) groups is 1. The average molecular weight is 202 g/mol. The summed E-state index contributed by atoms with van der Waals surface area (Å²) in [5.41, 5.74) is 5.80. The smallest absolute Gasteiger partial charge is 0.320 e. The Morgan fingerprint density at radius 1 is 1.57 bits per heavy atom. The molecule has 84 valence electrons. The zero-order chi connectivity index (χ0) is 11.6. The molecule has 0 aliphatic carbocycles. The van der Waals surface area contributed by atoms with Gasteiger partial charge in [-0.05, 0) is 19.9 Å². The lowest BCUT2D eigenvalue weighted by atomic mass is 10.1. The first-order valence-corrected chi connectivity index (χ1v) is 4.82. The second-order valence-electron chi connectivity index (χ2n) is 3.08. The van der Waals surface area contributed by atoms with Gasteiger partial charge in [0, 0.05) is 5.70 Å². The van der Waals surface area contributed by atoms with Crippen LogP contribution >= 0.6 is 0 Å². The zero-order valence-electron chi connectivity index (χ0n) is 9.34. The third-order valence-electron chi connectivity index (χ3n) is 1.40. The SMILES string of the molecule is C=C(N)CCC(NC)C(=O)O.CCC. The number of nitrogens with two attached hydrogens (primary N) is 1. The van der Waals surface area contributed by atoms with Gasteiger partial charge < -0.3 is 16.2 Å². The van der Waals surface area contributed by atoms with E-state index in [1.165, 1.54) is 6.42 Å². The molecule has 4 N–H and O–H groups in total. The number of nitrogens with one attached hydrogen (secondary N) is 1. The number of carboxylic acids is 1. The molecule has 0 amide bonds. The van der Waals surface area contributed by atoms with Crippen LogP contribution in [0.1, 0.15) is 33.1 Å². The van der Waals surface area contributed by atoms with Gasteiger partial charge in [0.15, 0.2) is 0 Å². The summed E-state index contributed by atoms with van der Waals surface area (Å²) < 4.78 is 0. The lowest BCUT2D eigenvalue weighted by Gasteiger charge is -2.09. The van der Waals surface area contributed by atoms with E-state index in [4.69, 9.17) is 10.8 Å². The maximum Gasteiger partial charge on any atom is 0.320 e. The van der Waals surface area contributed by atoms with Crippen molar-refractivity contribution in [2.24, 2.45) is 5.73 Å². The van der Waals surface area contributed by atoms with E-state index >= 15 is 0 Å². The molecule has 0 aromatic heterocycles. The van der Waals surface area contributed by atoms with E-state index in [0.29, 0.717) is 18.5 Å². The number of hydrogen-bond donors (Lipinski definition) is 3. The minimum Gasteiger partial charge on any atom is -0.480 e. The third kappa shape index (κ3) is 11.0. The molecule has 4 heteroatoms. The fourth-order valence-electron chi connectivity index (χ4n) is 0.721. The predicted molar refractivity (Wildman–Crippen MR) is 59.0 cm³/mol. The minimum atomic E-state index is -0.853. The Morgan fingerprint density at radius 2 is 2.00 bits per heavy atom. The highest BCUT2D eigenvalue weighted by atomic mass is 16.4.